The maximum Gasteiger partial charge on any atom is 0.335 e. The van der Waals surface area contributed by atoms with Crippen molar-refractivity contribution in [2.45, 2.75) is 19.0 Å². The van der Waals surface area contributed by atoms with Crippen LogP contribution in [0.25, 0.3) is 28.0 Å². The molecule has 0 amide bonds. The number of nitrogens with zero attached hydrogens (tertiary/aromatic N) is 7. The van der Waals surface area contributed by atoms with Crippen LogP contribution in [0.5, 0.6) is 0 Å². The van der Waals surface area contributed by atoms with Crippen LogP contribution < -0.4 is 5.69 Å². The van der Waals surface area contributed by atoms with E-state index in [0.29, 0.717) is 17.9 Å². The van der Waals surface area contributed by atoms with Gasteiger partial charge >= 0.3 is 5.69 Å². The van der Waals surface area contributed by atoms with E-state index in [-0.39, 0.29) is 11.7 Å². The third kappa shape index (κ3) is 3.70. The van der Waals surface area contributed by atoms with Gasteiger partial charge in [0.25, 0.3) is 0 Å². The van der Waals surface area contributed by atoms with Gasteiger partial charge in [-0.25, -0.2) is 14.8 Å². The van der Waals surface area contributed by atoms with Gasteiger partial charge in [0.15, 0.2) is 5.65 Å². The average molecular weight is 476 g/mol. The molecular weight excluding hydrogens is 450 g/mol. The Labute approximate surface area is 208 Å². The summed E-state index contributed by atoms with van der Waals surface area (Å²) in [4.78, 5) is 25.1. The van der Waals surface area contributed by atoms with Crippen molar-refractivity contribution in [3.63, 3.8) is 0 Å². The summed E-state index contributed by atoms with van der Waals surface area (Å²) < 4.78 is 5.43. The van der Waals surface area contributed by atoms with Gasteiger partial charge < -0.3 is 4.57 Å². The summed E-state index contributed by atoms with van der Waals surface area (Å²) in [6.07, 6.45) is 4.19. The molecule has 8 nitrogen and oxygen atoms in total. The first-order chi connectivity index (χ1) is 17.6. The molecule has 0 spiro atoms. The van der Waals surface area contributed by atoms with Gasteiger partial charge in [0.2, 0.25) is 0 Å². The highest BCUT2D eigenvalue weighted by Crippen LogP contribution is 2.27. The topological polar surface area (TPSA) is 84.7 Å². The van der Waals surface area contributed by atoms with E-state index in [1.165, 1.54) is 0 Å². The highest BCUT2D eigenvalue weighted by molar-refractivity contribution is 5.75. The minimum Gasteiger partial charge on any atom is -0.322 e. The zero-order valence-electron chi connectivity index (χ0n) is 20.0. The summed E-state index contributed by atoms with van der Waals surface area (Å²) in [6.45, 7) is 2.20. The molecule has 178 valence electrons. The van der Waals surface area contributed by atoms with Crippen molar-refractivity contribution in [1.82, 2.24) is 28.6 Å². The zero-order valence-corrected chi connectivity index (χ0v) is 20.0. The van der Waals surface area contributed by atoms with Crippen LogP contribution >= 0.6 is 0 Å². The molecule has 5 aromatic rings. The van der Waals surface area contributed by atoms with E-state index in [9.17, 15) is 10.1 Å². The predicted octanol–water partition coefficient (Wildman–Crippen LogP) is 3.91. The molecular formula is C28H25N7O. The van der Waals surface area contributed by atoms with Crippen LogP contribution in [-0.2, 0) is 13.6 Å². The number of fused-ring (bicyclic) bond motifs is 1. The van der Waals surface area contributed by atoms with Gasteiger partial charge in [-0.1, -0.05) is 42.5 Å². The molecule has 0 N–H and O–H groups in total. The van der Waals surface area contributed by atoms with Gasteiger partial charge in [-0.3, -0.25) is 14.0 Å². The lowest BCUT2D eigenvalue weighted by molar-refractivity contribution is 0.304. The molecule has 1 aliphatic rings. The zero-order chi connectivity index (χ0) is 24.6. The van der Waals surface area contributed by atoms with Crippen LogP contribution in [0.3, 0.4) is 0 Å². The van der Waals surface area contributed by atoms with Gasteiger partial charge in [0.05, 0.1) is 30.0 Å². The highest BCUT2D eigenvalue weighted by Gasteiger charge is 2.29. The first-order valence-electron chi connectivity index (χ1n) is 12.0. The number of hydrogen-bond acceptors (Lipinski definition) is 5. The molecule has 1 atom stereocenters. The molecule has 1 saturated heterocycles. The molecule has 36 heavy (non-hydrogen) atoms. The number of hydrogen-bond donors (Lipinski definition) is 0. The first kappa shape index (κ1) is 22.0. The Morgan fingerprint density at radius 3 is 2.53 bits per heavy atom. The molecule has 1 aliphatic heterocycles. The minimum atomic E-state index is -0.0771. The second-order valence-electron chi connectivity index (χ2n) is 9.16. The lowest BCUT2D eigenvalue weighted by Crippen LogP contribution is -2.29. The Hall–Kier alpha value is -4.48. The molecule has 0 bridgehead atoms. The SMILES string of the molecule is Cn1c(C#N)cnc1CN1CCC(n2c(=O)n(-c3ccc(-c4ccccc4)cc3)c3cccnc32)C1. The van der Waals surface area contributed by atoms with Crippen molar-refractivity contribution in [2.24, 2.45) is 7.05 Å². The summed E-state index contributed by atoms with van der Waals surface area (Å²) in [5.74, 6) is 0.846. The summed E-state index contributed by atoms with van der Waals surface area (Å²) >= 11 is 0. The smallest absolute Gasteiger partial charge is 0.322 e. The van der Waals surface area contributed by atoms with Crippen molar-refractivity contribution in [3.05, 3.63) is 101 Å². The fourth-order valence-electron chi connectivity index (χ4n) is 5.13. The van der Waals surface area contributed by atoms with Crippen LogP contribution in [0, 0.1) is 11.3 Å². The molecule has 3 aromatic heterocycles. The maximum absolute atomic E-state index is 13.8. The fourth-order valence-corrected chi connectivity index (χ4v) is 5.13. The highest BCUT2D eigenvalue weighted by atomic mass is 16.2. The lowest BCUT2D eigenvalue weighted by Gasteiger charge is -2.16. The summed E-state index contributed by atoms with van der Waals surface area (Å²) in [7, 11) is 1.86. The Bertz CT molecular complexity index is 1640. The van der Waals surface area contributed by atoms with E-state index in [0.717, 1.165) is 47.7 Å². The van der Waals surface area contributed by atoms with Crippen LogP contribution in [-0.4, -0.2) is 41.7 Å². The number of rotatable bonds is 5. The number of pyridine rings is 1. The van der Waals surface area contributed by atoms with Crippen LogP contribution in [0.4, 0.5) is 0 Å². The summed E-state index contributed by atoms with van der Waals surface area (Å²) in [5, 5.41) is 9.21. The van der Waals surface area contributed by atoms with Gasteiger partial charge in [-0.15, -0.1) is 0 Å². The van der Waals surface area contributed by atoms with Crippen molar-refractivity contribution in [3.8, 4) is 22.9 Å². The molecule has 1 unspecified atom stereocenters. The van der Waals surface area contributed by atoms with Crippen molar-refractivity contribution in [2.75, 3.05) is 13.1 Å². The van der Waals surface area contributed by atoms with Crippen LogP contribution in [0.2, 0.25) is 0 Å². The maximum atomic E-state index is 13.8. The third-order valence-corrected chi connectivity index (χ3v) is 7.04. The monoisotopic (exact) mass is 475 g/mol. The van der Waals surface area contributed by atoms with E-state index in [1.54, 1.807) is 17.0 Å². The number of aromatic nitrogens is 5. The predicted molar refractivity (Wildman–Crippen MR) is 138 cm³/mol. The second kappa shape index (κ2) is 8.95. The molecule has 1 fully saturated rings. The lowest BCUT2D eigenvalue weighted by atomic mass is 10.1. The molecule has 4 heterocycles. The van der Waals surface area contributed by atoms with Crippen molar-refractivity contribution < 1.29 is 0 Å². The molecule has 0 saturated carbocycles. The molecule has 0 aliphatic carbocycles. The van der Waals surface area contributed by atoms with E-state index >= 15 is 0 Å². The molecule has 2 aromatic carbocycles. The molecule has 8 heteroatoms. The largest absolute Gasteiger partial charge is 0.335 e. The number of benzene rings is 2. The first-order valence-corrected chi connectivity index (χ1v) is 12.0. The van der Waals surface area contributed by atoms with E-state index in [4.69, 9.17) is 0 Å². The summed E-state index contributed by atoms with van der Waals surface area (Å²) in [5.41, 5.74) is 5.04. The molecule has 6 rings (SSSR count). The quantitative estimate of drug-likeness (QED) is 0.385. The Morgan fingerprint density at radius 2 is 1.78 bits per heavy atom. The third-order valence-electron chi connectivity index (χ3n) is 7.04. The van der Waals surface area contributed by atoms with Gasteiger partial charge in [0, 0.05) is 26.3 Å². The standard InChI is InChI=1S/C28H25N7O/c1-32-24(16-29)17-31-26(32)19-33-15-13-23(18-33)35-27-25(8-5-14-30-27)34(28(35)36)22-11-9-21(10-12-22)20-6-3-2-4-7-20/h2-12,14,17,23H,13,15,18-19H2,1H3. The second-order valence-corrected chi connectivity index (χ2v) is 9.16. The van der Waals surface area contributed by atoms with Crippen molar-refractivity contribution >= 4 is 11.2 Å². The van der Waals surface area contributed by atoms with E-state index in [1.807, 2.05) is 58.6 Å². The van der Waals surface area contributed by atoms with Gasteiger partial charge in [-0.05, 0) is 41.8 Å². The Balaban J connectivity index is 1.32. The summed E-state index contributed by atoms with van der Waals surface area (Å²) in [6, 6.07) is 24.3. The van der Waals surface area contributed by atoms with E-state index < -0.39 is 0 Å². The number of imidazole rings is 2. The average Bonchev–Trinajstić information content (AvgIpc) is 3.60. The van der Waals surface area contributed by atoms with Crippen LogP contribution in [0.15, 0.2) is 83.9 Å². The number of nitriles is 1. The fraction of sp³-hybridized carbons (Fsp3) is 0.214. The van der Waals surface area contributed by atoms with Crippen LogP contribution in [0.1, 0.15) is 24.0 Å². The van der Waals surface area contributed by atoms with Crippen molar-refractivity contribution in [1.29, 1.82) is 5.26 Å². The molecule has 0 radical (unpaired) electrons. The van der Waals surface area contributed by atoms with Gasteiger partial charge in [0.1, 0.15) is 17.6 Å². The number of likely N-dealkylation sites (tertiary alicyclic amines) is 1. The normalized spacial score (nSPS) is 15.9. The Kier molecular flexibility index (Phi) is 5.47. The Morgan fingerprint density at radius 1 is 1.00 bits per heavy atom. The van der Waals surface area contributed by atoms with Gasteiger partial charge in [-0.2, -0.15) is 5.26 Å². The minimum absolute atomic E-state index is 0.00967. The van der Waals surface area contributed by atoms with E-state index in [2.05, 4.69) is 45.2 Å².